The third kappa shape index (κ3) is 3.86. The summed E-state index contributed by atoms with van der Waals surface area (Å²) >= 11 is 0. The number of rotatable bonds is 5. The van der Waals surface area contributed by atoms with E-state index in [2.05, 4.69) is 15.8 Å². The van der Waals surface area contributed by atoms with Crippen LogP contribution >= 0.6 is 0 Å². The lowest BCUT2D eigenvalue weighted by molar-refractivity contribution is 0.0698. The molecule has 2 aromatic rings. The number of benzene rings is 1. The average Bonchev–Trinajstić information content (AvgIpc) is 3.02. The van der Waals surface area contributed by atoms with Crippen molar-refractivity contribution in [1.82, 2.24) is 10.5 Å². The van der Waals surface area contributed by atoms with Crippen LogP contribution in [0.3, 0.4) is 0 Å². The molecule has 0 bridgehead atoms. The molecule has 24 heavy (non-hydrogen) atoms. The summed E-state index contributed by atoms with van der Waals surface area (Å²) in [5, 5.41) is 33.4. The van der Waals surface area contributed by atoms with E-state index < -0.39 is 11.9 Å². The molecule has 10 nitrogen and oxygen atoms in total. The standard InChI is InChI=1S/C14H12N6O4/c15-5-7-1-2-10(9(3-7)13(22)23)19-12(21)11-4-8(24-20-11)6-18-14(16)17/h1-4H,6H2,(H,19,21)(H,22,23)(H4,16,17,18). The molecule has 0 saturated heterocycles. The van der Waals surface area contributed by atoms with Crippen molar-refractivity contribution in [2.24, 2.45) is 5.73 Å². The van der Waals surface area contributed by atoms with Gasteiger partial charge in [0, 0.05) is 6.07 Å². The number of nitrogens with zero attached hydrogens (tertiary/aromatic N) is 2. The number of carbonyl (C=O) groups is 2. The van der Waals surface area contributed by atoms with Crippen LogP contribution in [0.4, 0.5) is 5.69 Å². The summed E-state index contributed by atoms with van der Waals surface area (Å²) in [5.41, 5.74) is 5.02. The molecule has 0 fully saturated rings. The summed E-state index contributed by atoms with van der Waals surface area (Å²) in [7, 11) is 0. The first-order chi connectivity index (χ1) is 11.4. The summed E-state index contributed by atoms with van der Waals surface area (Å²) in [4.78, 5) is 23.3. The van der Waals surface area contributed by atoms with Gasteiger partial charge < -0.3 is 26.0 Å². The fraction of sp³-hybridized carbons (Fsp3) is 0.0714. The van der Waals surface area contributed by atoms with Crippen LogP contribution in [0.2, 0.25) is 0 Å². The molecule has 1 aromatic carbocycles. The van der Waals surface area contributed by atoms with E-state index in [1.807, 2.05) is 6.07 Å². The molecule has 1 aromatic heterocycles. The van der Waals surface area contributed by atoms with Crippen LogP contribution in [-0.4, -0.2) is 28.1 Å². The quantitative estimate of drug-likeness (QED) is 0.388. The van der Waals surface area contributed by atoms with Gasteiger partial charge in [-0.3, -0.25) is 10.2 Å². The molecule has 0 aliphatic heterocycles. The third-order valence-electron chi connectivity index (χ3n) is 2.87. The summed E-state index contributed by atoms with van der Waals surface area (Å²) in [6.07, 6.45) is 0. The number of hydrogen-bond donors (Lipinski definition) is 5. The third-order valence-corrected chi connectivity index (χ3v) is 2.87. The normalized spacial score (nSPS) is 9.79. The Morgan fingerprint density at radius 2 is 2.17 bits per heavy atom. The van der Waals surface area contributed by atoms with Gasteiger partial charge in [0.1, 0.15) is 0 Å². The van der Waals surface area contributed by atoms with E-state index in [4.69, 9.17) is 26.0 Å². The Morgan fingerprint density at radius 1 is 1.42 bits per heavy atom. The lowest BCUT2D eigenvalue weighted by atomic mass is 10.1. The van der Waals surface area contributed by atoms with Gasteiger partial charge in [0.15, 0.2) is 17.4 Å². The Balaban J connectivity index is 2.17. The molecule has 0 atom stereocenters. The Bertz CT molecular complexity index is 851. The zero-order chi connectivity index (χ0) is 17.7. The highest BCUT2D eigenvalue weighted by molar-refractivity contribution is 6.06. The monoisotopic (exact) mass is 328 g/mol. The molecule has 0 unspecified atom stereocenters. The summed E-state index contributed by atoms with van der Waals surface area (Å²) in [5.74, 6) is -1.95. The SMILES string of the molecule is N#Cc1ccc(NC(=O)c2cc(CNC(=N)N)on2)c(C(=O)O)c1. The van der Waals surface area contributed by atoms with Gasteiger partial charge in [-0.2, -0.15) is 5.26 Å². The van der Waals surface area contributed by atoms with Gasteiger partial charge in [-0.25, -0.2) is 4.79 Å². The summed E-state index contributed by atoms with van der Waals surface area (Å²) in [6, 6.07) is 7.01. The second kappa shape index (κ2) is 6.93. The van der Waals surface area contributed by atoms with Gasteiger partial charge >= 0.3 is 5.97 Å². The number of aromatic nitrogens is 1. The van der Waals surface area contributed by atoms with Gasteiger partial charge in [0.2, 0.25) is 0 Å². The minimum absolute atomic E-state index is 0.0258. The van der Waals surface area contributed by atoms with Gasteiger partial charge in [-0.1, -0.05) is 5.16 Å². The number of nitrogens with two attached hydrogens (primary N) is 1. The number of aromatic carboxylic acids is 1. The topological polar surface area (TPSA) is 178 Å². The Hall–Kier alpha value is -3.87. The predicted molar refractivity (Wildman–Crippen MR) is 81.3 cm³/mol. The molecule has 0 spiro atoms. The van der Waals surface area contributed by atoms with Gasteiger partial charge in [0.05, 0.1) is 29.4 Å². The lowest BCUT2D eigenvalue weighted by Gasteiger charge is -2.07. The van der Waals surface area contributed by atoms with Crippen molar-refractivity contribution in [3.63, 3.8) is 0 Å². The van der Waals surface area contributed by atoms with Crippen LogP contribution in [-0.2, 0) is 6.54 Å². The van der Waals surface area contributed by atoms with E-state index in [1.54, 1.807) is 0 Å². The highest BCUT2D eigenvalue weighted by atomic mass is 16.5. The summed E-state index contributed by atoms with van der Waals surface area (Å²) < 4.78 is 4.90. The van der Waals surface area contributed by atoms with E-state index in [-0.39, 0.29) is 40.8 Å². The van der Waals surface area contributed by atoms with Crippen LogP contribution in [0.1, 0.15) is 32.2 Å². The fourth-order valence-electron chi connectivity index (χ4n) is 1.77. The zero-order valence-electron chi connectivity index (χ0n) is 12.2. The number of amides is 1. The van der Waals surface area contributed by atoms with Crippen molar-refractivity contribution in [3.05, 3.63) is 46.8 Å². The zero-order valence-corrected chi connectivity index (χ0v) is 12.2. The van der Waals surface area contributed by atoms with Gasteiger partial charge in [0.25, 0.3) is 5.91 Å². The maximum Gasteiger partial charge on any atom is 0.337 e. The predicted octanol–water partition coefficient (Wildman–Crippen LogP) is 0.480. The first kappa shape index (κ1) is 16.5. The smallest absolute Gasteiger partial charge is 0.337 e. The molecule has 0 saturated carbocycles. The van der Waals surface area contributed by atoms with Crippen LogP contribution in [0.15, 0.2) is 28.8 Å². The second-order valence-electron chi connectivity index (χ2n) is 4.58. The molecule has 0 aliphatic rings. The number of nitriles is 1. The number of hydrogen-bond acceptors (Lipinski definition) is 6. The molecular weight excluding hydrogens is 316 g/mol. The Labute approximate surface area is 135 Å². The Morgan fingerprint density at radius 3 is 2.79 bits per heavy atom. The lowest BCUT2D eigenvalue weighted by Crippen LogP contribution is -2.29. The van der Waals surface area contributed by atoms with E-state index in [1.165, 1.54) is 18.2 Å². The van der Waals surface area contributed by atoms with Crippen molar-refractivity contribution in [3.8, 4) is 6.07 Å². The molecule has 2 rings (SSSR count). The van der Waals surface area contributed by atoms with Crippen LogP contribution in [0.5, 0.6) is 0 Å². The molecule has 0 radical (unpaired) electrons. The second-order valence-corrected chi connectivity index (χ2v) is 4.58. The van der Waals surface area contributed by atoms with Crippen molar-refractivity contribution >= 4 is 23.5 Å². The molecule has 10 heteroatoms. The van der Waals surface area contributed by atoms with Crippen LogP contribution in [0, 0.1) is 16.7 Å². The molecule has 1 amide bonds. The van der Waals surface area contributed by atoms with Crippen molar-refractivity contribution < 1.29 is 19.2 Å². The largest absolute Gasteiger partial charge is 0.478 e. The van der Waals surface area contributed by atoms with Crippen molar-refractivity contribution in [2.45, 2.75) is 6.54 Å². The summed E-state index contributed by atoms with van der Waals surface area (Å²) in [6.45, 7) is 0.0762. The first-order valence-corrected chi connectivity index (χ1v) is 6.53. The fourth-order valence-corrected chi connectivity index (χ4v) is 1.77. The minimum Gasteiger partial charge on any atom is -0.478 e. The molecule has 6 N–H and O–H groups in total. The number of carbonyl (C=O) groups excluding carboxylic acids is 1. The highest BCUT2D eigenvalue weighted by Crippen LogP contribution is 2.18. The number of carboxylic acid groups (broad SMARTS) is 1. The molecule has 122 valence electrons. The minimum atomic E-state index is -1.28. The van der Waals surface area contributed by atoms with E-state index >= 15 is 0 Å². The first-order valence-electron chi connectivity index (χ1n) is 6.53. The van der Waals surface area contributed by atoms with Crippen molar-refractivity contribution in [2.75, 3.05) is 5.32 Å². The molecular formula is C14H12N6O4. The maximum atomic E-state index is 12.1. The molecule has 0 aliphatic carbocycles. The maximum absolute atomic E-state index is 12.1. The van der Waals surface area contributed by atoms with E-state index in [9.17, 15) is 9.59 Å². The van der Waals surface area contributed by atoms with Crippen LogP contribution < -0.4 is 16.4 Å². The number of nitrogens with one attached hydrogen (secondary N) is 3. The van der Waals surface area contributed by atoms with E-state index in [0.29, 0.717) is 0 Å². The Kier molecular flexibility index (Phi) is 4.76. The number of guanidine groups is 1. The average molecular weight is 328 g/mol. The highest BCUT2D eigenvalue weighted by Gasteiger charge is 2.17. The van der Waals surface area contributed by atoms with Gasteiger partial charge in [-0.05, 0) is 18.2 Å². The van der Waals surface area contributed by atoms with Gasteiger partial charge in [-0.15, -0.1) is 0 Å². The van der Waals surface area contributed by atoms with Crippen molar-refractivity contribution in [1.29, 1.82) is 10.7 Å². The van der Waals surface area contributed by atoms with E-state index in [0.717, 1.165) is 6.07 Å². The number of anilines is 1. The molecule has 1 heterocycles. The number of carboxylic acids is 1. The van der Waals surface area contributed by atoms with Crippen LogP contribution in [0.25, 0.3) is 0 Å².